The SMILES string of the molecule is CCOC(=O)C1(c2cc(C(F)(F)F)cc(C(F)(F)F)c2)ON=C2/C(=C/c3ccc(N4C=C(C)NC4)c(OC)c3)CCCN21. The molecule has 0 radical (unpaired) electrons. The first kappa shape index (κ1) is 30.1. The molecule has 2 aromatic carbocycles. The van der Waals surface area contributed by atoms with Crippen molar-refractivity contribution in [3.05, 3.63) is 76.1 Å². The molecule has 3 heterocycles. The number of anilines is 1. The number of halogens is 6. The number of rotatable bonds is 6. The third-order valence-electron chi connectivity index (χ3n) is 7.28. The number of carbonyl (C=O) groups is 1. The summed E-state index contributed by atoms with van der Waals surface area (Å²) >= 11 is 0. The van der Waals surface area contributed by atoms with Crippen LogP contribution in [0.15, 0.2) is 59.0 Å². The van der Waals surface area contributed by atoms with Gasteiger partial charge in [0.25, 0.3) is 0 Å². The molecule has 1 saturated heterocycles. The maximum atomic E-state index is 13.7. The summed E-state index contributed by atoms with van der Waals surface area (Å²) in [5, 5.41) is 7.25. The number of hydrogen-bond donors (Lipinski definition) is 1. The number of carbonyl (C=O) groups excluding carboxylic acids is 1. The number of oxime groups is 1. The molecule has 0 amide bonds. The molecule has 14 heteroatoms. The molecule has 1 fully saturated rings. The van der Waals surface area contributed by atoms with Gasteiger partial charge in [-0.1, -0.05) is 11.2 Å². The van der Waals surface area contributed by atoms with E-state index in [0.717, 1.165) is 11.4 Å². The number of methoxy groups -OCH3 is 1. The maximum absolute atomic E-state index is 13.7. The van der Waals surface area contributed by atoms with Crippen LogP contribution in [0.3, 0.4) is 0 Å². The van der Waals surface area contributed by atoms with E-state index in [2.05, 4.69) is 10.5 Å². The first-order valence-electron chi connectivity index (χ1n) is 13.4. The molecule has 1 unspecified atom stereocenters. The third kappa shape index (κ3) is 5.57. The Morgan fingerprint density at radius 2 is 1.81 bits per heavy atom. The van der Waals surface area contributed by atoms with Gasteiger partial charge in [0.05, 0.1) is 37.2 Å². The normalized spacial score (nSPS) is 21.2. The summed E-state index contributed by atoms with van der Waals surface area (Å²) in [5.74, 6) is -0.504. The van der Waals surface area contributed by atoms with Gasteiger partial charge in [0.2, 0.25) is 0 Å². The number of allylic oxidation sites excluding steroid dienone is 1. The predicted octanol–water partition coefficient (Wildman–Crippen LogP) is 6.20. The quantitative estimate of drug-likeness (QED) is 0.309. The molecule has 2 aromatic rings. The number of esters is 1. The number of nitrogens with one attached hydrogen (secondary N) is 1. The zero-order valence-corrected chi connectivity index (χ0v) is 23.4. The molecule has 0 bridgehead atoms. The molecule has 0 aliphatic carbocycles. The van der Waals surface area contributed by atoms with Gasteiger partial charge in [-0.2, -0.15) is 26.3 Å². The Balaban J connectivity index is 1.57. The minimum absolute atomic E-state index is 0.00697. The van der Waals surface area contributed by atoms with Crippen LogP contribution in [-0.2, 0) is 32.4 Å². The molecular formula is C29H28F6N4O4. The van der Waals surface area contributed by atoms with Crippen molar-refractivity contribution in [2.45, 2.75) is 44.8 Å². The highest BCUT2D eigenvalue weighted by molar-refractivity contribution is 6.06. The lowest BCUT2D eigenvalue weighted by molar-refractivity contribution is -0.189. The Labute approximate surface area is 243 Å². The smallest absolute Gasteiger partial charge is 0.416 e. The summed E-state index contributed by atoms with van der Waals surface area (Å²) in [6.45, 7) is 3.82. The first-order chi connectivity index (χ1) is 20.3. The number of hydrogen-bond acceptors (Lipinski definition) is 8. The molecule has 1 atom stereocenters. The third-order valence-corrected chi connectivity index (χ3v) is 7.28. The minimum Gasteiger partial charge on any atom is -0.495 e. The fourth-order valence-electron chi connectivity index (χ4n) is 5.29. The lowest BCUT2D eigenvalue weighted by Crippen LogP contribution is -2.54. The second-order valence-electron chi connectivity index (χ2n) is 10.1. The molecule has 0 aromatic heterocycles. The molecule has 3 aliphatic rings. The summed E-state index contributed by atoms with van der Waals surface area (Å²) < 4.78 is 93.2. The van der Waals surface area contributed by atoms with Crippen molar-refractivity contribution in [1.29, 1.82) is 0 Å². The van der Waals surface area contributed by atoms with Crippen LogP contribution in [-0.4, -0.2) is 43.6 Å². The van der Waals surface area contributed by atoms with Crippen LogP contribution in [0.1, 0.15) is 48.9 Å². The Morgan fingerprint density at radius 3 is 2.40 bits per heavy atom. The van der Waals surface area contributed by atoms with Crippen molar-refractivity contribution in [2.75, 3.05) is 31.8 Å². The zero-order chi connectivity index (χ0) is 31.2. The van der Waals surface area contributed by atoms with Crippen molar-refractivity contribution >= 4 is 23.6 Å². The van der Waals surface area contributed by atoms with Gasteiger partial charge in [-0.25, -0.2) is 4.79 Å². The number of fused-ring (bicyclic) bond motifs is 1. The van der Waals surface area contributed by atoms with Crippen molar-refractivity contribution in [3.63, 3.8) is 0 Å². The highest BCUT2D eigenvalue weighted by atomic mass is 19.4. The standard InChI is InChI=1S/C29H28F6N4O4/c1-4-42-26(40)27(20-12-21(28(30,31)32)14-22(13-20)29(33,34)35)39-9-5-6-19(25(39)37-43-27)10-18-7-8-23(24(11-18)41-3)38-15-17(2)36-16-38/h7-8,10-15,36H,4-6,9,16H2,1-3H3/b19-10+. The van der Waals surface area contributed by atoms with E-state index in [1.165, 1.54) is 18.9 Å². The van der Waals surface area contributed by atoms with Gasteiger partial charge >= 0.3 is 24.0 Å². The van der Waals surface area contributed by atoms with Gasteiger partial charge in [-0.05, 0) is 74.2 Å². The summed E-state index contributed by atoms with van der Waals surface area (Å²) in [7, 11) is 1.53. The Kier molecular flexibility index (Phi) is 7.73. The predicted molar refractivity (Wildman–Crippen MR) is 144 cm³/mol. The van der Waals surface area contributed by atoms with E-state index in [4.69, 9.17) is 14.3 Å². The largest absolute Gasteiger partial charge is 0.495 e. The average Bonchev–Trinajstić information content (AvgIpc) is 3.57. The van der Waals surface area contributed by atoms with Gasteiger partial charge < -0.3 is 29.4 Å². The molecule has 43 heavy (non-hydrogen) atoms. The topological polar surface area (TPSA) is 75.6 Å². The number of benzene rings is 2. The Bertz CT molecular complexity index is 1490. The van der Waals surface area contributed by atoms with E-state index < -0.39 is 40.7 Å². The van der Waals surface area contributed by atoms with Crippen LogP contribution < -0.4 is 15.0 Å². The van der Waals surface area contributed by atoms with Crippen LogP contribution in [0.4, 0.5) is 32.0 Å². The number of piperidine rings is 1. The van der Waals surface area contributed by atoms with Gasteiger partial charge in [0.15, 0.2) is 5.84 Å². The summed E-state index contributed by atoms with van der Waals surface area (Å²) in [6, 6.07) is 6.42. The van der Waals surface area contributed by atoms with Crippen LogP contribution in [0.2, 0.25) is 0 Å². The van der Waals surface area contributed by atoms with Gasteiger partial charge in [-0.3, -0.25) is 0 Å². The number of amidine groups is 1. The fourth-order valence-corrected chi connectivity index (χ4v) is 5.29. The van der Waals surface area contributed by atoms with Crippen LogP contribution in [0.5, 0.6) is 5.75 Å². The summed E-state index contributed by atoms with van der Waals surface area (Å²) in [5.41, 5.74) is -3.31. The number of ether oxygens (including phenoxy) is 2. The lowest BCUT2D eigenvalue weighted by atomic mass is 9.92. The van der Waals surface area contributed by atoms with Crippen molar-refractivity contribution in [1.82, 2.24) is 10.2 Å². The molecular weight excluding hydrogens is 582 g/mol. The average molecular weight is 611 g/mol. The van der Waals surface area contributed by atoms with Gasteiger partial charge in [0, 0.05) is 24.0 Å². The summed E-state index contributed by atoms with van der Waals surface area (Å²) in [4.78, 5) is 22.2. The minimum atomic E-state index is -5.13. The van der Waals surface area contributed by atoms with Crippen LogP contribution in [0, 0.1) is 0 Å². The van der Waals surface area contributed by atoms with E-state index in [1.807, 2.05) is 30.2 Å². The van der Waals surface area contributed by atoms with E-state index >= 15 is 0 Å². The highest BCUT2D eigenvalue weighted by Crippen LogP contribution is 2.45. The van der Waals surface area contributed by atoms with Gasteiger partial charge in [0.1, 0.15) is 5.75 Å². The molecule has 3 aliphatic heterocycles. The highest BCUT2D eigenvalue weighted by Gasteiger charge is 2.58. The van der Waals surface area contributed by atoms with E-state index in [-0.39, 0.29) is 25.1 Å². The van der Waals surface area contributed by atoms with Crippen LogP contribution >= 0.6 is 0 Å². The fraction of sp³-hybridized carbons (Fsp3) is 0.379. The Hall–Kier alpha value is -4.36. The first-order valence-corrected chi connectivity index (χ1v) is 13.4. The van der Waals surface area contributed by atoms with Crippen LogP contribution in [0.25, 0.3) is 6.08 Å². The molecule has 0 saturated carbocycles. The van der Waals surface area contributed by atoms with Gasteiger partial charge in [-0.15, -0.1) is 0 Å². The zero-order valence-electron chi connectivity index (χ0n) is 23.4. The van der Waals surface area contributed by atoms with Crippen molar-refractivity contribution < 1.29 is 45.4 Å². The van der Waals surface area contributed by atoms with E-state index in [1.54, 1.807) is 12.1 Å². The second kappa shape index (κ2) is 11.0. The monoisotopic (exact) mass is 610 g/mol. The molecule has 8 nitrogen and oxygen atoms in total. The molecule has 0 spiro atoms. The summed E-state index contributed by atoms with van der Waals surface area (Å²) in [6.07, 6.45) is -5.71. The molecule has 5 rings (SSSR count). The molecule has 1 N–H and O–H groups in total. The second-order valence-corrected chi connectivity index (χ2v) is 10.1. The van der Waals surface area contributed by atoms with Crippen molar-refractivity contribution in [2.24, 2.45) is 5.16 Å². The van der Waals surface area contributed by atoms with E-state index in [0.29, 0.717) is 48.5 Å². The lowest BCUT2D eigenvalue weighted by Gasteiger charge is -2.38. The molecule has 230 valence electrons. The maximum Gasteiger partial charge on any atom is 0.416 e. The van der Waals surface area contributed by atoms with Crippen molar-refractivity contribution in [3.8, 4) is 5.75 Å². The number of nitrogens with zero attached hydrogens (tertiary/aromatic N) is 3. The Morgan fingerprint density at radius 1 is 1.12 bits per heavy atom. The van der Waals surface area contributed by atoms with E-state index in [9.17, 15) is 31.1 Å². The number of alkyl halides is 6.